The maximum absolute atomic E-state index is 12.6. The number of carbonyl (C=O) groups excluding carboxylic acids is 2. The Kier molecular flexibility index (Phi) is 7.05. The fourth-order valence-electron chi connectivity index (χ4n) is 2.23. The van der Waals surface area contributed by atoms with Crippen molar-refractivity contribution in [2.24, 2.45) is 0 Å². The molecule has 0 aromatic heterocycles. The lowest BCUT2D eigenvalue weighted by Gasteiger charge is -2.19. The van der Waals surface area contributed by atoms with Crippen molar-refractivity contribution < 1.29 is 14.3 Å². The van der Waals surface area contributed by atoms with E-state index in [0.29, 0.717) is 17.2 Å². The minimum Gasteiger partial charge on any atom is -0.466 e. The Hall–Kier alpha value is -1.60. The maximum atomic E-state index is 12.6. The molecule has 0 saturated carbocycles. The summed E-state index contributed by atoms with van der Waals surface area (Å²) >= 11 is 8.06. The predicted molar refractivity (Wildman–Crippen MR) is 102 cm³/mol. The summed E-state index contributed by atoms with van der Waals surface area (Å²) in [6, 6.07) is 14.0. The van der Waals surface area contributed by atoms with Crippen molar-refractivity contribution in [1.82, 2.24) is 5.32 Å². The molecule has 24 heavy (non-hydrogen) atoms. The number of hydrogen-bond donors (Lipinski definition) is 1. The summed E-state index contributed by atoms with van der Waals surface area (Å²) in [6.45, 7) is 2.06. The van der Waals surface area contributed by atoms with Crippen LogP contribution in [0.15, 0.2) is 48.5 Å². The molecular formula is C18H17ClINO3. The van der Waals surface area contributed by atoms with Crippen LogP contribution in [0.5, 0.6) is 0 Å². The molecule has 2 aromatic rings. The molecule has 0 bridgehead atoms. The normalized spacial score (nSPS) is 11.6. The highest BCUT2D eigenvalue weighted by Crippen LogP contribution is 2.21. The SMILES string of the molecule is CCOC(=O)CC(NC(=O)c1cc(Cl)ccc1I)c1ccccc1. The quantitative estimate of drug-likeness (QED) is 0.518. The third-order valence-corrected chi connectivity index (χ3v) is 4.53. The van der Waals surface area contributed by atoms with Crippen LogP contribution in [0.2, 0.25) is 5.02 Å². The van der Waals surface area contributed by atoms with E-state index in [4.69, 9.17) is 16.3 Å². The Bertz CT molecular complexity index is 721. The monoisotopic (exact) mass is 457 g/mol. The first-order valence-corrected chi connectivity index (χ1v) is 8.93. The summed E-state index contributed by atoms with van der Waals surface area (Å²) in [5, 5.41) is 3.39. The second-order valence-electron chi connectivity index (χ2n) is 5.07. The van der Waals surface area contributed by atoms with E-state index in [1.807, 2.05) is 30.3 Å². The van der Waals surface area contributed by atoms with Gasteiger partial charge in [0, 0.05) is 8.59 Å². The van der Waals surface area contributed by atoms with Gasteiger partial charge < -0.3 is 10.1 Å². The number of benzene rings is 2. The summed E-state index contributed by atoms with van der Waals surface area (Å²) in [5.74, 6) is -0.632. The summed E-state index contributed by atoms with van der Waals surface area (Å²) in [5.41, 5.74) is 1.32. The zero-order valence-electron chi connectivity index (χ0n) is 13.1. The van der Waals surface area contributed by atoms with Crippen LogP contribution >= 0.6 is 34.2 Å². The molecule has 1 atom stereocenters. The number of ether oxygens (including phenoxy) is 1. The molecule has 0 saturated heterocycles. The van der Waals surface area contributed by atoms with Gasteiger partial charge in [-0.15, -0.1) is 0 Å². The molecule has 0 spiro atoms. The Balaban J connectivity index is 2.22. The summed E-state index contributed by atoms with van der Waals surface area (Å²) in [6.07, 6.45) is 0.0702. The van der Waals surface area contributed by atoms with Gasteiger partial charge in [0.2, 0.25) is 0 Å². The van der Waals surface area contributed by atoms with Crippen LogP contribution in [0.4, 0.5) is 0 Å². The van der Waals surface area contributed by atoms with E-state index in [9.17, 15) is 9.59 Å². The summed E-state index contributed by atoms with van der Waals surface area (Å²) in [7, 11) is 0. The Morgan fingerprint density at radius 3 is 2.58 bits per heavy atom. The lowest BCUT2D eigenvalue weighted by atomic mass is 10.0. The number of nitrogens with one attached hydrogen (secondary N) is 1. The summed E-state index contributed by atoms with van der Waals surface area (Å²) < 4.78 is 5.80. The number of hydrogen-bond acceptors (Lipinski definition) is 3. The van der Waals surface area contributed by atoms with E-state index in [0.717, 1.165) is 9.13 Å². The minimum atomic E-state index is -0.465. The number of amides is 1. The van der Waals surface area contributed by atoms with Gasteiger partial charge in [-0.05, 0) is 53.3 Å². The topological polar surface area (TPSA) is 55.4 Å². The van der Waals surface area contributed by atoms with E-state index in [1.165, 1.54) is 0 Å². The molecule has 0 radical (unpaired) electrons. The van der Waals surface area contributed by atoms with E-state index in [-0.39, 0.29) is 18.3 Å². The zero-order chi connectivity index (χ0) is 17.5. The average Bonchev–Trinajstić information content (AvgIpc) is 2.57. The maximum Gasteiger partial charge on any atom is 0.308 e. The highest BCUT2D eigenvalue weighted by atomic mass is 127. The molecule has 2 rings (SSSR count). The third kappa shape index (κ3) is 5.21. The van der Waals surface area contributed by atoms with Crippen LogP contribution in [0.25, 0.3) is 0 Å². The largest absolute Gasteiger partial charge is 0.466 e. The van der Waals surface area contributed by atoms with Gasteiger partial charge in [0.25, 0.3) is 5.91 Å². The molecule has 0 aliphatic heterocycles. The van der Waals surface area contributed by atoms with Crippen molar-refractivity contribution in [2.75, 3.05) is 6.61 Å². The molecule has 1 N–H and O–H groups in total. The zero-order valence-corrected chi connectivity index (χ0v) is 16.0. The molecule has 126 valence electrons. The van der Waals surface area contributed by atoms with Crippen LogP contribution in [0.3, 0.4) is 0 Å². The summed E-state index contributed by atoms with van der Waals surface area (Å²) in [4.78, 5) is 24.5. The fourth-order valence-corrected chi connectivity index (χ4v) is 2.98. The Morgan fingerprint density at radius 1 is 1.21 bits per heavy atom. The molecule has 0 aliphatic carbocycles. The molecule has 1 amide bonds. The van der Waals surface area contributed by atoms with Gasteiger partial charge in [-0.3, -0.25) is 9.59 Å². The van der Waals surface area contributed by atoms with Crippen molar-refractivity contribution >= 4 is 46.1 Å². The molecule has 6 heteroatoms. The van der Waals surface area contributed by atoms with Crippen LogP contribution < -0.4 is 5.32 Å². The molecular weight excluding hydrogens is 441 g/mol. The van der Waals surface area contributed by atoms with Crippen LogP contribution in [-0.2, 0) is 9.53 Å². The first-order valence-electron chi connectivity index (χ1n) is 7.47. The van der Waals surface area contributed by atoms with Gasteiger partial charge in [0.05, 0.1) is 24.6 Å². The lowest BCUT2D eigenvalue weighted by molar-refractivity contribution is -0.143. The van der Waals surface area contributed by atoms with E-state index in [2.05, 4.69) is 27.9 Å². The molecule has 4 nitrogen and oxygen atoms in total. The van der Waals surface area contributed by atoms with Crippen LogP contribution in [0, 0.1) is 3.57 Å². The first-order chi connectivity index (χ1) is 11.5. The van der Waals surface area contributed by atoms with Crippen molar-refractivity contribution in [3.05, 3.63) is 68.3 Å². The van der Waals surface area contributed by atoms with Gasteiger partial charge in [-0.25, -0.2) is 0 Å². The Labute approximate surface area is 159 Å². The van der Waals surface area contributed by atoms with Gasteiger partial charge in [-0.2, -0.15) is 0 Å². The fraction of sp³-hybridized carbons (Fsp3) is 0.222. The number of carbonyl (C=O) groups is 2. The van der Waals surface area contributed by atoms with Gasteiger partial charge in [-0.1, -0.05) is 41.9 Å². The van der Waals surface area contributed by atoms with Gasteiger partial charge in [0.15, 0.2) is 0 Å². The van der Waals surface area contributed by atoms with Crippen molar-refractivity contribution in [3.63, 3.8) is 0 Å². The highest BCUT2D eigenvalue weighted by Gasteiger charge is 2.21. The predicted octanol–water partition coefficient (Wildman–Crippen LogP) is 4.37. The van der Waals surface area contributed by atoms with E-state index in [1.54, 1.807) is 25.1 Å². The smallest absolute Gasteiger partial charge is 0.308 e. The van der Waals surface area contributed by atoms with Crippen molar-refractivity contribution in [3.8, 4) is 0 Å². The number of halogens is 2. The molecule has 0 heterocycles. The number of rotatable bonds is 6. The van der Waals surface area contributed by atoms with E-state index >= 15 is 0 Å². The third-order valence-electron chi connectivity index (χ3n) is 3.36. The van der Waals surface area contributed by atoms with Crippen molar-refractivity contribution in [1.29, 1.82) is 0 Å². The average molecular weight is 458 g/mol. The standard InChI is InChI=1S/C18H17ClINO3/c1-2-24-17(22)11-16(12-6-4-3-5-7-12)21-18(23)14-10-13(19)8-9-15(14)20/h3-10,16H,2,11H2,1H3,(H,21,23). The lowest BCUT2D eigenvalue weighted by Crippen LogP contribution is -2.31. The van der Waals surface area contributed by atoms with Crippen LogP contribution in [0.1, 0.15) is 35.3 Å². The van der Waals surface area contributed by atoms with Gasteiger partial charge in [0.1, 0.15) is 0 Å². The highest BCUT2D eigenvalue weighted by molar-refractivity contribution is 14.1. The minimum absolute atomic E-state index is 0.0702. The first kappa shape index (κ1) is 18.7. The molecule has 2 aromatic carbocycles. The Morgan fingerprint density at radius 2 is 1.92 bits per heavy atom. The van der Waals surface area contributed by atoms with Crippen LogP contribution in [-0.4, -0.2) is 18.5 Å². The second-order valence-corrected chi connectivity index (χ2v) is 6.67. The molecule has 0 aliphatic rings. The van der Waals surface area contributed by atoms with Gasteiger partial charge >= 0.3 is 5.97 Å². The number of esters is 1. The second kappa shape index (κ2) is 9.03. The molecule has 1 unspecified atom stereocenters. The van der Waals surface area contributed by atoms with Crippen molar-refractivity contribution in [2.45, 2.75) is 19.4 Å². The van der Waals surface area contributed by atoms with E-state index < -0.39 is 6.04 Å². The molecule has 0 fully saturated rings.